The van der Waals surface area contributed by atoms with Crippen molar-refractivity contribution in [2.24, 2.45) is 0 Å². The number of methoxy groups -OCH3 is 2. The summed E-state index contributed by atoms with van der Waals surface area (Å²) in [6, 6.07) is 13.1. The molecule has 0 atom stereocenters. The number of amides is 1. The van der Waals surface area contributed by atoms with Gasteiger partial charge in [0.15, 0.2) is 21.3 Å². The van der Waals surface area contributed by atoms with E-state index in [1.54, 1.807) is 57.7 Å². The molecular formula is C23H26N2O7S. The lowest BCUT2D eigenvalue weighted by molar-refractivity contribution is 0.0777. The van der Waals surface area contributed by atoms with Gasteiger partial charge in [0.25, 0.3) is 5.91 Å². The Balaban J connectivity index is 1.58. The van der Waals surface area contributed by atoms with E-state index >= 15 is 0 Å². The average molecular weight is 475 g/mol. The van der Waals surface area contributed by atoms with Gasteiger partial charge in [0, 0.05) is 25.9 Å². The minimum atomic E-state index is -3.30. The van der Waals surface area contributed by atoms with Crippen LogP contribution in [0.3, 0.4) is 0 Å². The van der Waals surface area contributed by atoms with Gasteiger partial charge in [-0.25, -0.2) is 8.42 Å². The van der Waals surface area contributed by atoms with E-state index in [4.69, 9.17) is 18.7 Å². The predicted molar refractivity (Wildman–Crippen MR) is 122 cm³/mol. The molecule has 0 aliphatic carbocycles. The Hall–Kier alpha value is -3.53. The normalized spacial score (nSPS) is 11.2. The molecule has 0 unspecified atom stereocenters. The van der Waals surface area contributed by atoms with Gasteiger partial charge >= 0.3 is 0 Å². The highest BCUT2D eigenvalue weighted by atomic mass is 32.2. The fourth-order valence-electron chi connectivity index (χ4n) is 3.09. The van der Waals surface area contributed by atoms with Gasteiger partial charge < -0.3 is 23.6 Å². The molecule has 0 aliphatic rings. The molecule has 0 spiro atoms. The van der Waals surface area contributed by atoms with Crippen molar-refractivity contribution < 1.29 is 31.9 Å². The first-order chi connectivity index (χ1) is 15.7. The zero-order valence-electron chi connectivity index (χ0n) is 18.9. The lowest BCUT2D eigenvalue weighted by Crippen LogP contribution is -2.28. The van der Waals surface area contributed by atoms with Crippen molar-refractivity contribution >= 4 is 15.7 Å². The van der Waals surface area contributed by atoms with E-state index in [1.807, 2.05) is 0 Å². The lowest BCUT2D eigenvalue weighted by Gasteiger charge is -2.15. The maximum absolute atomic E-state index is 12.7. The number of ether oxygens (including phenoxy) is 3. The number of nitrogens with zero attached hydrogens (tertiary/aromatic N) is 2. The third-order valence-corrected chi connectivity index (χ3v) is 6.00. The maximum atomic E-state index is 12.7. The highest BCUT2D eigenvalue weighted by Crippen LogP contribution is 2.33. The molecule has 33 heavy (non-hydrogen) atoms. The van der Waals surface area contributed by atoms with E-state index in [-0.39, 0.29) is 16.5 Å². The Bertz CT molecular complexity index is 1220. The van der Waals surface area contributed by atoms with E-state index in [9.17, 15) is 13.2 Å². The second-order valence-electron chi connectivity index (χ2n) is 7.32. The second-order valence-corrected chi connectivity index (χ2v) is 9.33. The largest absolute Gasteiger partial charge is 0.497 e. The molecule has 3 aromatic rings. The molecule has 0 N–H and O–H groups in total. The van der Waals surface area contributed by atoms with Crippen LogP contribution in [0.1, 0.15) is 16.9 Å². The molecule has 0 saturated heterocycles. The van der Waals surface area contributed by atoms with Crippen LogP contribution in [0.5, 0.6) is 17.2 Å². The molecule has 176 valence electrons. The van der Waals surface area contributed by atoms with Gasteiger partial charge in [0.2, 0.25) is 0 Å². The smallest absolute Gasteiger partial charge is 0.275 e. The number of hydrogen-bond donors (Lipinski definition) is 0. The maximum Gasteiger partial charge on any atom is 0.275 e. The minimum absolute atomic E-state index is 0.166. The molecule has 10 heteroatoms. The quantitative estimate of drug-likeness (QED) is 0.412. The highest BCUT2D eigenvalue weighted by Gasteiger charge is 2.20. The number of hydrogen-bond acceptors (Lipinski definition) is 8. The van der Waals surface area contributed by atoms with Gasteiger partial charge in [-0.3, -0.25) is 4.79 Å². The molecule has 1 heterocycles. The third kappa shape index (κ3) is 6.04. The first kappa shape index (κ1) is 24.1. The first-order valence-electron chi connectivity index (χ1n) is 10.1. The SMILES string of the molecule is COc1ccc(OC)c(-c2cc(C(=O)N(C)CCCOc3cccc(S(C)(=O)=O)c3)no2)c1. The minimum Gasteiger partial charge on any atom is -0.497 e. The predicted octanol–water partition coefficient (Wildman–Crippen LogP) is 3.30. The Labute approximate surface area is 192 Å². The standard InChI is InChI=1S/C23H26N2O7S/c1-25(11-6-12-31-17-7-5-8-18(13-17)33(4,27)28)23(26)20-15-22(32-24-20)19-14-16(29-2)9-10-21(19)30-3/h5,7-10,13-15H,6,11-12H2,1-4H3. The van der Waals surface area contributed by atoms with Crippen LogP contribution in [0.2, 0.25) is 0 Å². The van der Waals surface area contributed by atoms with Gasteiger partial charge in [-0.1, -0.05) is 11.2 Å². The Kier molecular flexibility index (Phi) is 7.59. The molecule has 0 radical (unpaired) electrons. The van der Waals surface area contributed by atoms with Crippen molar-refractivity contribution in [1.29, 1.82) is 0 Å². The summed E-state index contributed by atoms with van der Waals surface area (Å²) in [6.45, 7) is 0.727. The Morgan fingerprint density at radius 2 is 1.85 bits per heavy atom. The summed E-state index contributed by atoms with van der Waals surface area (Å²) in [4.78, 5) is 14.4. The van der Waals surface area contributed by atoms with Crippen molar-refractivity contribution in [3.63, 3.8) is 0 Å². The average Bonchev–Trinajstić information content (AvgIpc) is 3.30. The number of sulfone groups is 1. The zero-order valence-corrected chi connectivity index (χ0v) is 19.7. The summed E-state index contributed by atoms with van der Waals surface area (Å²) >= 11 is 0. The van der Waals surface area contributed by atoms with Crippen LogP contribution < -0.4 is 14.2 Å². The second kappa shape index (κ2) is 10.4. The fourth-order valence-corrected chi connectivity index (χ4v) is 3.75. The molecular weight excluding hydrogens is 448 g/mol. The van der Waals surface area contributed by atoms with Crippen molar-refractivity contribution in [2.45, 2.75) is 11.3 Å². The summed E-state index contributed by atoms with van der Waals surface area (Å²) in [5.74, 6) is 1.73. The molecule has 0 aliphatic heterocycles. The first-order valence-corrected chi connectivity index (χ1v) is 12.0. The van der Waals surface area contributed by atoms with Crippen LogP contribution in [0.25, 0.3) is 11.3 Å². The molecule has 1 amide bonds. The van der Waals surface area contributed by atoms with Gasteiger partial charge in [-0.05, 0) is 42.8 Å². The summed E-state index contributed by atoms with van der Waals surface area (Å²) in [6.07, 6.45) is 1.69. The molecule has 3 rings (SSSR count). The van der Waals surface area contributed by atoms with Crippen LogP contribution in [0.4, 0.5) is 0 Å². The van der Waals surface area contributed by atoms with Gasteiger partial charge in [-0.15, -0.1) is 0 Å². The van der Waals surface area contributed by atoms with Crippen LogP contribution in [0, 0.1) is 0 Å². The Morgan fingerprint density at radius 3 is 2.55 bits per heavy atom. The molecule has 9 nitrogen and oxygen atoms in total. The summed E-state index contributed by atoms with van der Waals surface area (Å²) in [7, 11) is 1.46. The van der Waals surface area contributed by atoms with E-state index in [1.165, 1.54) is 17.0 Å². The van der Waals surface area contributed by atoms with Crippen molar-refractivity contribution in [3.8, 4) is 28.6 Å². The molecule has 1 aromatic heterocycles. The van der Waals surface area contributed by atoms with Gasteiger partial charge in [0.05, 0.1) is 31.3 Å². The highest BCUT2D eigenvalue weighted by molar-refractivity contribution is 7.90. The molecule has 0 saturated carbocycles. The number of rotatable bonds is 10. The van der Waals surface area contributed by atoms with Gasteiger partial charge in [-0.2, -0.15) is 0 Å². The van der Waals surface area contributed by atoms with Gasteiger partial charge in [0.1, 0.15) is 17.2 Å². The van der Waals surface area contributed by atoms with Crippen LogP contribution in [-0.2, 0) is 9.84 Å². The Morgan fingerprint density at radius 1 is 1.06 bits per heavy atom. The van der Waals surface area contributed by atoms with Crippen LogP contribution in [-0.4, -0.2) is 65.1 Å². The molecule has 0 fully saturated rings. The lowest BCUT2D eigenvalue weighted by atomic mass is 10.1. The third-order valence-electron chi connectivity index (χ3n) is 4.89. The fraction of sp³-hybridized carbons (Fsp3) is 0.304. The topological polar surface area (TPSA) is 108 Å². The number of carbonyl (C=O) groups excluding carboxylic acids is 1. The summed E-state index contributed by atoms with van der Waals surface area (Å²) in [5, 5.41) is 3.90. The van der Waals surface area contributed by atoms with Crippen molar-refractivity contribution in [1.82, 2.24) is 10.1 Å². The van der Waals surface area contributed by atoms with Crippen molar-refractivity contribution in [2.75, 3.05) is 40.7 Å². The number of carbonyl (C=O) groups is 1. The monoisotopic (exact) mass is 474 g/mol. The summed E-state index contributed by atoms with van der Waals surface area (Å²) < 4.78 is 44.9. The number of aromatic nitrogens is 1. The summed E-state index contributed by atoms with van der Waals surface area (Å²) in [5.41, 5.74) is 0.787. The van der Waals surface area contributed by atoms with E-state index in [0.29, 0.717) is 48.1 Å². The van der Waals surface area contributed by atoms with E-state index in [2.05, 4.69) is 5.16 Å². The molecule has 0 bridgehead atoms. The number of benzene rings is 2. The van der Waals surface area contributed by atoms with Crippen molar-refractivity contribution in [3.05, 3.63) is 54.2 Å². The zero-order chi connectivity index (χ0) is 24.0. The van der Waals surface area contributed by atoms with E-state index in [0.717, 1.165) is 6.26 Å². The van der Waals surface area contributed by atoms with Crippen LogP contribution in [0.15, 0.2) is 57.9 Å². The van der Waals surface area contributed by atoms with E-state index < -0.39 is 9.84 Å². The van der Waals surface area contributed by atoms with Crippen LogP contribution >= 0.6 is 0 Å². The molecule has 2 aromatic carbocycles.